The molecule has 1 aromatic rings. The lowest BCUT2D eigenvalue weighted by Gasteiger charge is -2.25. The zero-order valence-electron chi connectivity index (χ0n) is 18.0. The number of aryl methyl sites for hydroxylation is 1. The Kier molecular flexibility index (Phi) is 6.55. The number of benzene rings is 1. The van der Waals surface area contributed by atoms with Crippen LogP contribution in [0.25, 0.3) is 0 Å². The van der Waals surface area contributed by atoms with E-state index in [9.17, 15) is 9.90 Å². The number of guanidine groups is 1. The second-order valence-corrected chi connectivity index (χ2v) is 8.89. The standard InChI is InChI=1S/C22H34N4O3/c1-22(2,3)29-21(28)25-16-11-12-26(14-16)20(23-4)24-13-18-17-8-6-5-7-15(17)9-10-19(18)27/h9-10,16,27H,5-8,11-14H2,1-4H3,(H,23,24)(H,25,28). The second kappa shape index (κ2) is 8.93. The van der Waals surface area contributed by atoms with Crippen molar-refractivity contribution in [3.8, 4) is 5.75 Å². The van der Waals surface area contributed by atoms with Crippen LogP contribution in [0.1, 0.15) is 56.7 Å². The summed E-state index contributed by atoms with van der Waals surface area (Å²) in [7, 11) is 1.76. The zero-order chi connectivity index (χ0) is 21.0. The number of carbonyl (C=O) groups excluding carboxylic acids is 1. The summed E-state index contributed by atoms with van der Waals surface area (Å²) >= 11 is 0. The van der Waals surface area contributed by atoms with Crippen LogP contribution in [0.3, 0.4) is 0 Å². The highest BCUT2D eigenvalue weighted by Gasteiger charge is 2.28. The number of hydrogen-bond acceptors (Lipinski definition) is 4. The SMILES string of the molecule is CN=C(NCc1c(O)ccc2c1CCCC2)N1CCC(NC(=O)OC(C)(C)C)C1. The molecule has 0 spiro atoms. The minimum atomic E-state index is -0.503. The number of rotatable bonds is 3. The number of likely N-dealkylation sites (tertiary alicyclic amines) is 1. The lowest BCUT2D eigenvalue weighted by molar-refractivity contribution is 0.0507. The third-order valence-corrected chi connectivity index (χ3v) is 5.47. The van der Waals surface area contributed by atoms with Gasteiger partial charge in [0.2, 0.25) is 0 Å². The second-order valence-electron chi connectivity index (χ2n) is 8.89. The number of amides is 1. The van der Waals surface area contributed by atoms with Gasteiger partial charge in [0.05, 0.1) is 6.04 Å². The smallest absolute Gasteiger partial charge is 0.407 e. The maximum absolute atomic E-state index is 12.0. The lowest BCUT2D eigenvalue weighted by Crippen LogP contribution is -2.44. The Bertz CT molecular complexity index is 770. The Balaban J connectivity index is 1.58. The summed E-state index contributed by atoms with van der Waals surface area (Å²) in [5.41, 5.74) is 3.11. The molecule has 7 nitrogen and oxygen atoms in total. The highest BCUT2D eigenvalue weighted by molar-refractivity contribution is 5.80. The number of alkyl carbamates (subject to hydrolysis) is 1. The summed E-state index contributed by atoms with van der Waals surface area (Å²) in [5, 5.41) is 16.7. The van der Waals surface area contributed by atoms with E-state index < -0.39 is 5.60 Å². The van der Waals surface area contributed by atoms with E-state index >= 15 is 0 Å². The molecule has 1 fully saturated rings. The summed E-state index contributed by atoms with van der Waals surface area (Å²) in [6, 6.07) is 3.89. The molecule has 1 aliphatic heterocycles. The molecule has 1 heterocycles. The Morgan fingerprint density at radius 1 is 1.31 bits per heavy atom. The van der Waals surface area contributed by atoms with Gasteiger partial charge in [-0.05, 0) is 70.1 Å². The monoisotopic (exact) mass is 402 g/mol. The number of nitrogens with one attached hydrogen (secondary N) is 2. The van der Waals surface area contributed by atoms with E-state index in [0.717, 1.165) is 37.3 Å². The molecule has 0 bridgehead atoms. The molecule has 0 saturated carbocycles. The molecule has 0 aromatic heterocycles. The van der Waals surface area contributed by atoms with E-state index in [-0.39, 0.29) is 12.1 Å². The first-order valence-corrected chi connectivity index (χ1v) is 10.5. The minimum absolute atomic E-state index is 0.0290. The van der Waals surface area contributed by atoms with E-state index in [0.29, 0.717) is 18.8 Å². The molecule has 3 rings (SSSR count). The van der Waals surface area contributed by atoms with Gasteiger partial charge in [0.25, 0.3) is 0 Å². The summed E-state index contributed by atoms with van der Waals surface area (Å²) in [5.74, 6) is 1.13. The van der Waals surface area contributed by atoms with Crippen LogP contribution in [0.5, 0.6) is 5.75 Å². The fourth-order valence-electron chi connectivity index (χ4n) is 4.13. The Labute approximate surface area is 173 Å². The average Bonchev–Trinajstić information content (AvgIpc) is 3.10. The lowest BCUT2D eigenvalue weighted by atomic mass is 9.88. The van der Waals surface area contributed by atoms with Crippen molar-refractivity contribution < 1.29 is 14.6 Å². The molecular weight excluding hydrogens is 368 g/mol. The molecule has 1 saturated heterocycles. The van der Waals surface area contributed by atoms with Gasteiger partial charge in [-0.1, -0.05) is 6.07 Å². The first-order valence-electron chi connectivity index (χ1n) is 10.5. The van der Waals surface area contributed by atoms with Crippen molar-refractivity contribution in [2.24, 2.45) is 4.99 Å². The summed E-state index contributed by atoms with van der Waals surface area (Å²) in [6.07, 6.45) is 4.94. The maximum atomic E-state index is 12.0. The molecule has 1 aliphatic carbocycles. The van der Waals surface area contributed by atoms with E-state index in [1.165, 1.54) is 24.0 Å². The van der Waals surface area contributed by atoms with Gasteiger partial charge in [-0.2, -0.15) is 0 Å². The average molecular weight is 403 g/mol. The molecule has 0 radical (unpaired) electrons. The van der Waals surface area contributed by atoms with Crippen LogP contribution in [0.4, 0.5) is 4.79 Å². The van der Waals surface area contributed by atoms with Crippen LogP contribution in [0.15, 0.2) is 17.1 Å². The van der Waals surface area contributed by atoms with Crippen molar-refractivity contribution in [3.05, 3.63) is 28.8 Å². The van der Waals surface area contributed by atoms with Crippen LogP contribution in [-0.4, -0.2) is 53.8 Å². The van der Waals surface area contributed by atoms with Crippen LogP contribution < -0.4 is 10.6 Å². The minimum Gasteiger partial charge on any atom is -0.508 e. The number of ether oxygens (including phenoxy) is 1. The van der Waals surface area contributed by atoms with Crippen LogP contribution >= 0.6 is 0 Å². The van der Waals surface area contributed by atoms with Crippen molar-refractivity contribution in [1.82, 2.24) is 15.5 Å². The van der Waals surface area contributed by atoms with Crippen LogP contribution in [0.2, 0.25) is 0 Å². The van der Waals surface area contributed by atoms with Gasteiger partial charge in [0.1, 0.15) is 11.4 Å². The molecule has 1 aromatic carbocycles. The number of aromatic hydroxyl groups is 1. The van der Waals surface area contributed by atoms with Crippen molar-refractivity contribution in [2.45, 2.75) is 71.1 Å². The van der Waals surface area contributed by atoms with Gasteiger partial charge in [0, 0.05) is 32.2 Å². The van der Waals surface area contributed by atoms with E-state index in [1.54, 1.807) is 13.1 Å². The predicted molar refractivity (Wildman–Crippen MR) is 114 cm³/mol. The molecule has 1 atom stereocenters. The van der Waals surface area contributed by atoms with Crippen molar-refractivity contribution >= 4 is 12.1 Å². The van der Waals surface area contributed by atoms with Gasteiger partial charge in [-0.25, -0.2) is 4.79 Å². The first kappa shape index (κ1) is 21.3. The highest BCUT2D eigenvalue weighted by Crippen LogP contribution is 2.30. The maximum Gasteiger partial charge on any atom is 0.407 e. The van der Waals surface area contributed by atoms with E-state index in [1.807, 2.05) is 20.8 Å². The highest BCUT2D eigenvalue weighted by atomic mass is 16.6. The molecule has 2 aliphatic rings. The van der Waals surface area contributed by atoms with E-state index in [4.69, 9.17) is 4.74 Å². The zero-order valence-corrected chi connectivity index (χ0v) is 18.0. The van der Waals surface area contributed by atoms with Gasteiger partial charge >= 0.3 is 6.09 Å². The number of phenols is 1. The molecule has 7 heteroatoms. The first-order chi connectivity index (χ1) is 13.8. The molecule has 3 N–H and O–H groups in total. The van der Waals surface area contributed by atoms with E-state index in [2.05, 4.69) is 26.6 Å². The summed E-state index contributed by atoms with van der Waals surface area (Å²) in [4.78, 5) is 18.6. The fraction of sp³-hybridized carbons (Fsp3) is 0.636. The Morgan fingerprint density at radius 3 is 2.79 bits per heavy atom. The number of carbonyl (C=O) groups is 1. The number of nitrogens with zero attached hydrogens (tertiary/aromatic N) is 2. The molecule has 1 unspecified atom stereocenters. The van der Waals surface area contributed by atoms with Crippen molar-refractivity contribution in [1.29, 1.82) is 0 Å². The van der Waals surface area contributed by atoms with Gasteiger partial charge in [-0.15, -0.1) is 0 Å². The predicted octanol–water partition coefficient (Wildman–Crippen LogP) is 2.95. The topological polar surface area (TPSA) is 86.2 Å². The number of fused-ring (bicyclic) bond motifs is 1. The van der Waals surface area contributed by atoms with Crippen molar-refractivity contribution in [3.63, 3.8) is 0 Å². The summed E-state index contributed by atoms with van der Waals surface area (Å²) in [6.45, 7) is 7.60. The molecule has 160 valence electrons. The van der Waals surface area contributed by atoms with Gasteiger partial charge < -0.3 is 25.4 Å². The third kappa shape index (κ3) is 5.55. The molecule has 1 amide bonds. The number of phenolic OH excluding ortho intramolecular Hbond substituents is 1. The quantitative estimate of drug-likeness (QED) is 0.535. The third-order valence-electron chi connectivity index (χ3n) is 5.47. The normalized spacial score (nSPS) is 19.7. The number of aliphatic imine (C=N–C) groups is 1. The van der Waals surface area contributed by atoms with Crippen molar-refractivity contribution in [2.75, 3.05) is 20.1 Å². The van der Waals surface area contributed by atoms with Gasteiger partial charge in [-0.3, -0.25) is 4.99 Å². The van der Waals surface area contributed by atoms with Gasteiger partial charge in [0.15, 0.2) is 5.96 Å². The molecular formula is C22H34N4O3. The summed E-state index contributed by atoms with van der Waals surface area (Å²) < 4.78 is 5.35. The van der Waals surface area contributed by atoms with Crippen LogP contribution in [-0.2, 0) is 24.1 Å². The number of hydrogen-bond donors (Lipinski definition) is 3. The Morgan fingerprint density at radius 2 is 2.07 bits per heavy atom. The fourth-order valence-corrected chi connectivity index (χ4v) is 4.13. The largest absolute Gasteiger partial charge is 0.508 e. The van der Waals surface area contributed by atoms with Crippen LogP contribution in [0, 0.1) is 0 Å². The molecule has 29 heavy (non-hydrogen) atoms. The Hall–Kier alpha value is -2.44.